The predicted molar refractivity (Wildman–Crippen MR) is 57.9 cm³/mol. The van der Waals surface area contributed by atoms with Gasteiger partial charge in [-0.2, -0.15) is 0 Å². The summed E-state index contributed by atoms with van der Waals surface area (Å²) in [6.07, 6.45) is 2.91. The van der Waals surface area contributed by atoms with Gasteiger partial charge < -0.3 is 5.32 Å². The molecule has 0 spiro atoms. The van der Waals surface area contributed by atoms with Crippen molar-refractivity contribution in [2.24, 2.45) is 0 Å². The average Bonchev–Trinajstić information content (AvgIpc) is 2.87. The van der Waals surface area contributed by atoms with Gasteiger partial charge in [0.1, 0.15) is 0 Å². The molecule has 0 radical (unpaired) electrons. The van der Waals surface area contributed by atoms with Gasteiger partial charge in [-0.1, -0.05) is 6.92 Å². The van der Waals surface area contributed by atoms with Crippen LogP contribution in [-0.4, -0.2) is 32.7 Å². The molecule has 1 rings (SSSR count). The Balaban J connectivity index is 2.11. The Morgan fingerprint density at radius 1 is 1.40 bits per heavy atom. The number of hydrogen-bond donors (Lipinski definition) is 2. The summed E-state index contributed by atoms with van der Waals surface area (Å²) >= 11 is 0. The van der Waals surface area contributed by atoms with E-state index in [9.17, 15) is 13.2 Å². The number of carbonyl (C=O) groups excluding carboxylic acids is 1. The fourth-order valence-corrected chi connectivity index (χ4v) is 2.28. The molecule has 6 heteroatoms. The summed E-state index contributed by atoms with van der Waals surface area (Å²) in [5.74, 6) is 0.0498. The maximum Gasteiger partial charge on any atom is 0.221 e. The van der Waals surface area contributed by atoms with Gasteiger partial charge in [-0.05, 0) is 19.3 Å². The van der Waals surface area contributed by atoms with Crippen LogP contribution < -0.4 is 10.0 Å². The second-order valence-electron chi connectivity index (χ2n) is 3.80. The van der Waals surface area contributed by atoms with E-state index in [0.29, 0.717) is 12.5 Å². The number of hydrogen-bond acceptors (Lipinski definition) is 3. The second-order valence-corrected chi connectivity index (χ2v) is 5.73. The highest BCUT2D eigenvalue weighted by molar-refractivity contribution is 7.89. The third kappa shape index (κ3) is 5.74. The van der Waals surface area contributed by atoms with Gasteiger partial charge in [0.2, 0.25) is 15.9 Å². The Hall–Kier alpha value is -0.620. The van der Waals surface area contributed by atoms with E-state index in [1.807, 2.05) is 0 Å². The van der Waals surface area contributed by atoms with Crippen LogP contribution in [0.4, 0.5) is 0 Å². The van der Waals surface area contributed by atoms with Gasteiger partial charge >= 0.3 is 0 Å². The molecule has 0 heterocycles. The molecular formula is C9H18N2O3S. The van der Waals surface area contributed by atoms with Crippen LogP contribution >= 0.6 is 0 Å². The summed E-state index contributed by atoms with van der Waals surface area (Å²) in [4.78, 5) is 11.2. The van der Waals surface area contributed by atoms with Crippen molar-refractivity contribution in [2.45, 2.75) is 38.6 Å². The third-order valence-corrected chi connectivity index (χ3v) is 3.68. The van der Waals surface area contributed by atoms with Crippen molar-refractivity contribution in [2.75, 3.05) is 12.3 Å². The lowest BCUT2D eigenvalue weighted by Crippen LogP contribution is -2.32. The first-order valence-corrected chi connectivity index (χ1v) is 6.95. The molecular weight excluding hydrogens is 216 g/mol. The van der Waals surface area contributed by atoms with Crippen molar-refractivity contribution in [3.8, 4) is 0 Å². The summed E-state index contributed by atoms with van der Waals surface area (Å²) in [7, 11) is -3.17. The maximum absolute atomic E-state index is 11.2. The molecule has 0 aromatic carbocycles. The average molecular weight is 234 g/mol. The summed E-state index contributed by atoms with van der Waals surface area (Å²) < 4.78 is 24.8. The van der Waals surface area contributed by atoms with E-state index < -0.39 is 10.0 Å². The molecule has 0 aliphatic heterocycles. The molecule has 2 N–H and O–H groups in total. The molecule has 1 amide bonds. The number of sulfonamides is 1. The summed E-state index contributed by atoms with van der Waals surface area (Å²) in [6, 6.07) is 0.338. The first-order valence-electron chi connectivity index (χ1n) is 5.30. The normalized spacial score (nSPS) is 16.3. The molecule has 1 aliphatic rings. The van der Waals surface area contributed by atoms with Crippen LogP contribution in [0.25, 0.3) is 0 Å². The van der Waals surface area contributed by atoms with E-state index in [1.54, 1.807) is 6.92 Å². The molecule has 0 unspecified atom stereocenters. The molecule has 0 saturated heterocycles. The van der Waals surface area contributed by atoms with E-state index >= 15 is 0 Å². The van der Waals surface area contributed by atoms with E-state index in [0.717, 1.165) is 12.8 Å². The van der Waals surface area contributed by atoms with Crippen molar-refractivity contribution in [1.82, 2.24) is 10.0 Å². The number of rotatable bonds is 7. The predicted octanol–water partition coefficient (Wildman–Crippen LogP) is -0.0155. The van der Waals surface area contributed by atoms with Crippen LogP contribution in [0, 0.1) is 0 Å². The van der Waals surface area contributed by atoms with Gasteiger partial charge in [-0.25, -0.2) is 13.1 Å². The Morgan fingerprint density at radius 3 is 2.60 bits per heavy atom. The summed E-state index contributed by atoms with van der Waals surface area (Å²) in [5, 5.41) is 2.80. The zero-order valence-corrected chi connectivity index (χ0v) is 9.77. The Kier molecular flexibility index (Phi) is 4.53. The van der Waals surface area contributed by atoms with Crippen molar-refractivity contribution >= 4 is 15.9 Å². The van der Waals surface area contributed by atoms with Crippen LogP contribution in [0.2, 0.25) is 0 Å². The first kappa shape index (κ1) is 12.4. The van der Waals surface area contributed by atoms with Crippen LogP contribution in [0.5, 0.6) is 0 Å². The quantitative estimate of drug-likeness (QED) is 0.650. The molecule has 0 bridgehead atoms. The SMILES string of the molecule is CCCS(=O)(=O)NCCC(=O)NC1CC1. The van der Waals surface area contributed by atoms with Gasteiger partial charge in [0.05, 0.1) is 5.75 Å². The van der Waals surface area contributed by atoms with Crippen molar-refractivity contribution < 1.29 is 13.2 Å². The highest BCUT2D eigenvalue weighted by Crippen LogP contribution is 2.18. The molecule has 5 nitrogen and oxygen atoms in total. The van der Waals surface area contributed by atoms with Crippen LogP contribution in [-0.2, 0) is 14.8 Å². The van der Waals surface area contributed by atoms with Crippen LogP contribution in [0.15, 0.2) is 0 Å². The molecule has 1 saturated carbocycles. The molecule has 0 aromatic heterocycles. The first-order chi connectivity index (χ1) is 7.03. The molecule has 0 aromatic rings. The fraction of sp³-hybridized carbons (Fsp3) is 0.889. The maximum atomic E-state index is 11.2. The molecule has 0 atom stereocenters. The minimum atomic E-state index is -3.17. The lowest BCUT2D eigenvalue weighted by atomic mass is 10.4. The lowest BCUT2D eigenvalue weighted by Gasteiger charge is -2.05. The monoisotopic (exact) mass is 234 g/mol. The third-order valence-electron chi connectivity index (χ3n) is 2.09. The van der Waals surface area contributed by atoms with Gasteiger partial charge in [0.15, 0.2) is 0 Å². The number of carbonyl (C=O) groups is 1. The van der Waals surface area contributed by atoms with Gasteiger partial charge in [0, 0.05) is 19.0 Å². The zero-order chi connectivity index (χ0) is 11.3. The van der Waals surface area contributed by atoms with Crippen molar-refractivity contribution in [3.63, 3.8) is 0 Å². The lowest BCUT2D eigenvalue weighted by molar-refractivity contribution is -0.121. The summed E-state index contributed by atoms with van der Waals surface area (Å²) in [6.45, 7) is 2.00. The molecule has 15 heavy (non-hydrogen) atoms. The summed E-state index contributed by atoms with van der Waals surface area (Å²) in [5.41, 5.74) is 0. The Bertz CT molecular complexity index is 309. The van der Waals surface area contributed by atoms with Crippen molar-refractivity contribution in [3.05, 3.63) is 0 Å². The zero-order valence-electron chi connectivity index (χ0n) is 8.95. The Labute approximate surface area is 90.7 Å². The molecule has 1 aliphatic carbocycles. The number of amides is 1. The minimum absolute atomic E-state index is 0.0725. The highest BCUT2D eigenvalue weighted by Gasteiger charge is 2.22. The smallest absolute Gasteiger partial charge is 0.221 e. The van der Waals surface area contributed by atoms with E-state index in [2.05, 4.69) is 10.0 Å². The van der Waals surface area contributed by atoms with E-state index in [4.69, 9.17) is 0 Å². The molecule has 88 valence electrons. The standard InChI is InChI=1S/C9H18N2O3S/c1-2-7-15(13,14)10-6-5-9(12)11-8-3-4-8/h8,10H,2-7H2,1H3,(H,11,12). The van der Waals surface area contributed by atoms with Crippen molar-refractivity contribution in [1.29, 1.82) is 0 Å². The van der Waals surface area contributed by atoms with Gasteiger partial charge in [-0.3, -0.25) is 4.79 Å². The topological polar surface area (TPSA) is 75.3 Å². The van der Waals surface area contributed by atoms with E-state index in [1.165, 1.54) is 0 Å². The number of nitrogens with one attached hydrogen (secondary N) is 2. The van der Waals surface area contributed by atoms with Crippen LogP contribution in [0.1, 0.15) is 32.6 Å². The minimum Gasteiger partial charge on any atom is -0.353 e. The fourth-order valence-electron chi connectivity index (χ4n) is 1.19. The van der Waals surface area contributed by atoms with E-state index in [-0.39, 0.29) is 24.6 Å². The van der Waals surface area contributed by atoms with Gasteiger partial charge in [-0.15, -0.1) is 0 Å². The molecule has 1 fully saturated rings. The largest absolute Gasteiger partial charge is 0.353 e. The van der Waals surface area contributed by atoms with Gasteiger partial charge in [0.25, 0.3) is 0 Å². The van der Waals surface area contributed by atoms with Crippen LogP contribution in [0.3, 0.4) is 0 Å². The Morgan fingerprint density at radius 2 is 2.07 bits per heavy atom. The second kappa shape index (κ2) is 5.46. The highest BCUT2D eigenvalue weighted by atomic mass is 32.2.